The Kier molecular flexibility index (Phi) is 6.25. The Morgan fingerprint density at radius 3 is 2.61 bits per heavy atom. The summed E-state index contributed by atoms with van der Waals surface area (Å²) in [5.41, 5.74) is 8.19. The number of aryl methyl sites for hydroxylation is 1. The zero-order valence-corrected chi connectivity index (χ0v) is 12.3. The van der Waals surface area contributed by atoms with Gasteiger partial charge in [0.15, 0.2) is 0 Å². The van der Waals surface area contributed by atoms with Gasteiger partial charge in [-0.2, -0.15) is 21.5 Å². The predicted molar refractivity (Wildman–Crippen MR) is 77.0 cm³/mol. The summed E-state index contributed by atoms with van der Waals surface area (Å²) in [4.78, 5) is 11.2. The fourth-order valence-corrected chi connectivity index (χ4v) is 3.08. The number of nitrogens with two attached hydrogens (primary N) is 1. The third-order valence-corrected chi connectivity index (χ3v) is 4.11. The molecule has 1 amide bonds. The lowest BCUT2D eigenvalue weighted by molar-refractivity contribution is 0.247. The molecule has 2 N–H and O–H groups in total. The first kappa shape index (κ1) is 15.1. The zero-order valence-electron chi connectivity index (χ0n) is 11.5. The quantitative estimate of drug-likeness (QED) is 0.773. The maximum absolute atomic E-state index is 11.2. The van der Waals surface area contributed by atoms with E-state index in [1.807, 2.05) is 25.6 Å². The first-order valence-corrected chi connectivity index (χ1v) is 7.66. The Hall–Kier alpha value is -0.970. The van der Waals surface area contributed by atoms with Gasteiger partial charge in [-0.15, -0.1) is 0 Å². The van der Waals surface area contributed by atoms with E-state index in [0.29, 0.717) is 0 Å². The Balaban J connectivity index is 2.45. The van der Waals surface area contributed by atoms with Gasteiger partial charge in [0, 0.05) is 11.3 Å². The molecule has 0 aromatic carbocycles. The molecule has 0 spiro atoms. The lowest BCUT2D eigenvalue weighted by atomic mass is 10.2. The molecule has 5 heteroatoms. The number of hydrogen-bond donors (Lipinski definition) is 1. The second kappa shape index (κ2) is 7.46. The molecule has 0 bridgehead atoms. The highest BCUT2D eigenvalue weighted by atomic mass is 32.2. The fourth-order valence-electron chi connectivity index (χ4n) is 1.90. The van der Waals surface area contributed by atoms with Gasteiger partial charge in [0.05, 0.1) is 11.4 Å². The summed E-state index contributed by atoms with van der Waals surface area (Å²) in [6, 6.07) is -0.505. The van der Waals surface area contributed by atoms with Gasteiger partial charge in [-0.1, -0.05) is 26.2 Å². The van der Waals surface area contributed by atoms with Crippen LogP contribution in [0.1, 0.15) is 49.6 Å². The Morgan fingerprint density at radius 1 is 1.33 bits per heavy atom. The van der Waals surface area contributed by atoms with Gasteiger partial charge in [0.1, 0.15) is 0 Å². The molecular formula is C13H23N3OS. The van der Waals surface area contributed by atoms with Gasteiger partial charge in [0.25, 0.3) is 0 Å². The molecule has 18 heavy (non-hydrogen) atoms. The molecule has 0 aliphatic carbocycles. The van der Waals surface area contributed by atoms with Crippen molar-refractivity contribution in [1.82, 2.24) is 9.78 Å². The van der Waals surface area contributed by atoms with Crippen LogP contribution in [-0.4, -0.2) is 21.6 Å². The van der Waals surface area contributed by atoms with E-state index >= 15 is 0 Å². The van der Waals surface area contributed by atoms with E-state index in [-0.39, 0.29) is 0 Å². The van der Waals surface area contributed by atoms with Crippen LogP contribution in [0.3, 0.4) is 0 Å². The van der Waals surface area contributed by atoms with Crippen molar-refractivity contribution in [3.63, 3.8) is 0 Å². The van der Waals surface area contributed by atoms with Crippen LogP contribution >= 0.6 is 11.8 Å². The monoisotopic (exact) mass is 269 g/mol. The number of carbonyl (C=O) groups excluding carboxylic acids is 1. The summed E-state index contributed by atoms with van der Waals surface area (Å²) >= 11 is 1.90. The number of unbranched alkanes of at least 4 members (excludes halogenated alkanes) is 3. The highest BCUT2D eigenvalue weighted by molar-refractivity contribution is 7.98. The molecular weight excluding hydrogens is 246 g/mol. The van der Waals surface area contributed by atoms with Crippen LogP contribution in [0.5, 0.6) is 0 Å². The minimum absolute atomic E-state index is 0.505. The summed E-state index contributed by atoms with van der Waals surface area (Å²) in [5.74, 6) is 2.08. The Morgan fingerprint density at radius 2 is 2.06 bits per heavy atom. The standard InChI is InChI=1S/C13H23N3OS/c1-4-5-6-7-8-18-9-12-10(2)15-16(11(12)3)13(14)17/h4-9H2,1-3H3,(H2,14,17). The number of thioether (sulfide) groups is 1. The first-order valence-electron chi connectivity index (χ1n) is 6.50. The molecule has 0 atom stereocenters. The first-order chi connectivity index (χ1) is 8.57. The topological polar surface area (TPSA) is 60.9 Å². The zero-order chi connectivity index (χ0) is 13.5. The minimum atomic E-state index is -0.505. The maximum atomic E-state index is 11.2. The second-order valence-corrected chi connectivity index (χ2v) is 5.62. The van der Waals surface area contributed by atoms with Gasteiger partial charge in [-0.3, -0.25) is 0 Å². The van der Waals surface area contributed by atoms with E-state index in [1.54, 1.807) is 0 Å². The average Bonchev–Trinajstić information content (AvgIpc) is 2.60. The van der Waals surface area contributed by atoms with Crippen molar-refractivity contribution < 1.29 is 4.79 Å². The SMILES string of the molecule is CCCCCCSCc1c(C)nn(C(N)=O)c1C. The molecule has 102 valence electrons. The molecule has 1 heterocycles. The number of carbonyl (C=O) groups is 1. The van der Waals surface area contributed by atoms with Crippen LogP contribution in [-0.2, 0) is 5.75 Å². The molecule has 0 saturated carbocycles. The largest absolute Gasteiger partial charge is 0.350 e. The molecule has 0 saturated heterocycles. The third-order valence-electron chi connectivity index (χ3n) is 3.04. The summed E-state index contributed by atoms with van der Waals surface area (Å²) in [7, 11) is 0. The van der Waals surface area contributed by atoms with Crippen molar-refractivity contribution in [1.29, 1.82) is 0 Å². The molecule has 1 rings (SSSR count). The number of aromatic nitrogens is 2. The van der Waals surface area contributed by atoms with Crippen molar-refractivity contribution in [3.05, 3.63) is 17.0 Å². The van der Waals surface area contributed by atoms with E-state index in [2.05, 4.69) is 12.0 Å². The van der Waals surface area contributed by atoms with E-state index in [4.69, 9.17) is 5.73 Å². The van der Waals surface area contributed by atoms with E-state index in [1.165, 1.54) is 36.1 Å². The number of amides is 1. The summed E-state index contributed by atoms with van der Waals surface area (Å²) in [5, 5.41) is 4.17. The lowest BCUT2D eigenvalue weighted by Crippen LogP contribution is -2.22. The minimum Gasteiger partial charge on any atom is -0.350 e. The van der Waals surface area contributed by atoms with Gasteiger partial charge in [0.2, 0.25) is 0 Å². The predicted octanol–water partition coefficient (Wildman–Crippen LogP) is 3.24. The van der Waals surface area contributed by atoms with Crippen molar-refractivity contribution in [2.45, 2.75) is 52.2 Å². The molecule has 1 aromatic rings. The lowest BCUT2D eigenvalue weighted by Gasteiger charge is -2.03. The summed E-state index contributed by atoms with van der Waals surface area (Å²) < 4.78 is 1.29. The molecule has 0 aliphatic heterocycles. The van der Waals surface area contributed by atoms with Crippen LogP contribution < -0.4 is 5.73 Å². The van der Waals surface area contributed by atoms with Crippen molar-refractivity contribution in [2.24, 2.45) is 5.73 Å². The van der Waals surface area contributed by atoms with E-state index < -0.39 is 6.03 Å². The number of primary amides is 1. The molecule has 1 aromatic heterocycles. The van der Waals surface area contributed by atoms with Gasteiger partial charge in [-0.05, 0) is 26.0 Å². The molecule has 0 radical (unpaired) electrons. The van der Waals surface area contributed by atoms with Crippen molar-refractivity contribution >= 4 is 17.8 Å². The highest BCUT2D eigenvalue weighted by Crippen LogP contribution is 2.20. The van der Waals surface area contributed by atoms with Gasteiger partial charge < -0.3 is 5.73 Å². The molecule has 4 nitrogen and oxygen atoms in total. The maximum Gasteiger partial charge on any atom is 0.339 e. The van der Waals surface area contributed by atoms with Crippen molar-refractivity contribution in [2.75, 3.05) is 5.75 Å². The summed E-state index contributed by atoms with van der Waals surface area (Å²) in [6.45, 7) is 6.05. The fraction of sp³-hybridized carbons (Fsp3) is 0.692. The molecule has 0 aliphatic rings. The Bertz CT molecular complexity index is 401. The Labute approximate surface area is 113 Å². The van der Waals surface area contributed by atoms with Gasteiger partial charge >= 0.3 is 6.03 Å². The van der Waals surface area contributed by atoms with Crippen molar-refractivity contribution in [3.8, 4) is 0 Å². The second-order valence-electron chi connectivity index (χ2n) is 4.51. The van der Waals surface area contributed by atoms with Crippen LogP contribution in [0, 0.1) is 13.8 Å². The third kappa shape index (κ3) is 4.05. The highest BCUT2D eigenvalue weighted by Gasteiger charge is 2.13. The smallest absolute Gasteiger partial charge is 0.339 e. The number of nitrogens with zero attached hydrogens (tertiary/aromatic N) is 2. The molecule has 0 fully saturated rings. The summed E-state index contributed by atoms with van der Waals surface area (Å²) in [6.07, 6.45) is 5.16. The average molecular weight is 269 g/mol. The number of hydrogen-bond acceptors (Lipinski definition) is 3. The van der Waals surface area contributed by atoms with Gasteiger partial charge in [-0.25, -0.2) is 4.79 Å². The number of rotatable bonds is 7. The van der Waals surface area contributed by atoms with E-state index in [9.17, 15) is 4.79 Å². The van der Waals surface area contributed by atoms with Crippen LogP contribution in [0.4, 0.5) is 4.79 Å². The van der Waals surface area contributed by atoms with Crippen LogP contribution in [0.25, 0.3) is 0 Å². The molecule has 0 unspecified atom stereocenters. The van der Waals surface area contributed by atoms with Crippen LogP contribution in [0.2, 0.25) is 0 Å². The van der Waals surface area contributed by atoms with E-state index in [0.717, 1.165) is 22.7 Å². The normalized spacial score (nSPS) is 10.8. The van der Waals surface area contributed by atoms with Crippen LogP contribution in [0.15, 0.2) is 0 Å².